The van der Waals surface area contributed by atoms with Crippen LogP contribution in [0.1, 0.15) is 12.6 Å². The van der Waals surface area contributed by atoms with E-state index < -0.39 is 0 Å². The van der Waals surface area contributed by atoms with Crippen molar-refractivity contribution in [2.75, 3.05) is 17.7 Å². The molecule has 0 saturated carbocycles. The highest BCUT2D eigenvalue weighted by Gasteiger charge is 2.24. The van der Waals surface area contributed by atoms with E-state index in [2.05, 4.69) is 11.0 Å². The number of nitrogens with two attached hydrogens (primary N) is 1. The predicted octanol–water partition coefficient (Wildman–Crippen LogP) is 1.47. The van der Waals surface area contributed by atoms with Crippen molar-refractivity contribution in [1.29, 1.82) is 0 Å². The molecule has 27 heavy (non-hydrogen) atoms. The van der Waals surface area contributed by atoms with Gasteiger partial charge in [0.1, 0.15) is 21.3 Å². The molecule has 3 aromatic rings. The van der Waals surface area contributed by atoms with E-state index in [0.717, 1.165) is 36.2 Å². The molecule has 0 fully saturated rings. The Bertz CT molecular complexity index is 1210. The molecule has 1 aromatic carbocycles. The Morgan fingerprint density at radius 2 is 2.07 bits per heavy atom. The maximum absolute atomic E-state index is 13.1. The van der Waals surface area contributed by atoms with Crippen LogP contribution >= 0.6 is 23.1 Å². The zero-order valence-corrected chi connectivity index (χ0v) is 17.1. The summed E-state index contributed by atoms with van der Waals surface area (Å²) in [5.41, 5.74) is 8.86. The topological polar surface area (TPSA) is 55.1 Å². The molecule has 0 amide bonds. The Balaban J connectivity index is 1.94. The van der Waals surface area contributed by atoms with E-state index in [9.17, 15) is 4.79 Å². The number of thiazole rings is 1. The molecule has 5 nitrogen and oxygen atoms in total. The lowest BCUT2D eigenvalue weighted by Gasteiger charge is -2.12. The van der Waals surface area contributed by atoms with Gasteiger partial charge in [-0.2, -0.15) is 0 Å². The second-order valence-corrected chi connectivity index (χ2v) is 8.45. The molecule has 138 valence electrons. The molecule has 1 aliphatic rings. The van der Waals surface area contributed by atoms with Crippen LogP contribution in [0, 0.1) is 0 Å². The van der Waals surface area contributed by atoms with Crippen molar-refractivity contribution in [2.24, 2.45) is 7.05 Å². The molecule has 7 heteroatoms. The van der Waals surface area contributed by atoms with Crippen molar-refractivity contribution >= 4 is 45.6 Å². The summed E-state index contributed by atoms with van der Waals surface area (Å²) in [6.07, 6.45) is 4.08. The molecule has 0 unspecified atom stereocenters. The standard InChI is InChI=1S/C20H21N4OS2/c1-4-24-17(12-14-7-5-6-10-22(14)2)27-18(19(24)25)20-23(3)15-9-8-13(21)11-16(15)26-20/h5-12H,4,21H2,1-3H3/q+1/b20-18+. The first-order valence-corrected chi connectivity index (χ1v) is 10.3. The van der Waals surface area contributed by atoms with Gasteiger partial charge in [0, 0.05) is 42.4 Å². The minimum absolute atomic E-state index is 0.0578. The van der Waals surface area contributed by atoms with Crippen LogP contribution in [-0.4, -0.2) is 11.6 Å². The van der Waals surface area contributed by atoms with E-state index in [1.54, 1.807) is 23.1 Å². The van der Waals surface area contributed by atoms with E-state index in [1.165, 1.54) is 0 Å². The van der Waals surface area contributed by atoms with Gasteiger partial charge < -0.3 is 10.6 Å². The van der Waals surface area contributed by atoms with Crippen LogP contribution in [0.25, 0.3) is 11.1 Å². The highest BCUT2D eigenvalue weighted by molar-refractivity contribution is 8.08. The Morgan fingerprint density at radius 3 is 2.81 bits per heavy atom. The van der Waals surface area contributed by atoms with E-state index in [1.807, 2.05) is 72.7 Å². The van der Waals surface area contributed by atoms with Crippen molar-refractivity contribution in [3.05, 3.63) is 67.8 Å². The number of benzene rings is 1. The first-order chi connectivity index (χ1) is 13.0. The number of aryl methyl sites for hydroxylation is 1. The summed E-state index contributed by atoms with van der Waals surface area (Å²) >= 11 is 3.15. The number of fused-ring (bicyclic) bond motifs is 1. The lowest BCUT2D eigenvalue weighted by atomic mass is 10.3. The second-order valence-electron chi connectivity index (χ2n) is 6.39. The average Bonchev–Trinajstić information content (AvgIpc) is 3.13. The first-order valence-electron chi connectivity index (χ1n) is 8.71. The van der Waals surface area contributed by atoms with Crippen LogP contribution in [0.4, 0.5) is 11.4 Å². The number of pyridine rings is 1. The van der Waals surface area contributed by atoms with Gasteiger partial charge in [0.2, 0.25) is 5.69 Å². The van der Waals surface area contributed by atoms with Crippen molar-refractivity contribution < 1.29 is 4.57 Å². The lowest BCUT2D eigenvalue weighted by Crippen LogP contribution is -2.34. The van der Waals surface area contributed by atoms with Gasteiger partial charge in [-0.25, -0.2) is 4.57 Å². The Hall–Kier alpha value is -2.51. The Kier molecular flexibility index (Phi) is 4.57. The van der Waals surface area contributed by atoms with Gasteiger partial charge in [-0.3, -0.25) is 9.36 Å². The summed E-state index contributed by atoms with van der Waals surface area (Å²) in [6.45, 7) is 2.64. The molecule has 1 aliphatic heterocycles. The SMILES string of the molecule is CCn1c(=O)/c(=C2\Sc3cc(N)ccc3N2C)s/c1=C\c1cccc[n+]1C. The fraction of sp³-hybridized carbons (Fsp3) is 0.200. The highest BCUT2D eigenvalue weighted by Crippen LogP contribution is 2.45. The smallest absolute Gasteiger partial charge is 0.271 e. The highest BCUT2D eigenvalue weighted by atomic mass is 32.2. The summed E-state index contributed by atoms with van der Waals surface area (Å²) < 4.78 is 5.61. The molecule has 0 aliphatic carbocycles. The number of nitrogen functional groups attached to an aromatic ring is 1. The largest absolute Gasteiger partial charge is 0.399 e. The molecule has 3 heterocycles. The van der Waals surface area contributed by atoms with E-state index in [4.69, 9.17) is 5.73 Å². The summed E-state index contributed by atoms with van der Waals surface area (Å²) in [6, 6.07) is 11.9. The third kappa shape index (κ3) is 3.07. The summed E-state index contributed by atoms with van der Waals surface area (Å²) in [4.78, 5) is 16.3. The number of hydrogen-bond acceptors (Lipinski definition) is 5. The molecule has 0 bridgehead atoms. The van der Waals surface area contributed by atoms with Crippen molar-refractivity contribution in [3.63, 3.8) is 0 Å². The fourth-order valence-electron chi connectivity index (χ4n) is 3.15. The number of anilines is 2. The van der Waals surface area contributed by atoms with Gasteiger partial charge >= 0.3 is 0 Å². The Labute approximate surface area is 165 Å². The van der Waals surface area contributed by atoms with Crippen molar-refractivity contribution in [3.8, 4) is 0 Å². The van der Waals surface area contributed by atoms with Crippen LogP contribution in [0.15, 0.2) is 52.3 Å². The third-order valence-corrected chi connectivity index (χ3v) is 7.11. The normalized spacial score (nSPS) is 16.1. The van der Waals surface area contributed by atoms with Crippen LogP contribution in [0.2, 0.25) is 0 Å². The monoisotopic (exact) mass is 397 g/mol. The van der Waals surface area contributed by atoms with Crippen LogP contribution in [0.3, 0.4) is 0 Å². The van der Waals surface area contributed by atoms with E-state index in [0.29, 0.717) is 6.54 Å². The number of nitrogens with zero attached hydrogens (tertiary/aromatic N) is 3. The maximum atomic E-state index is 13.1. The second kappa shape index (κ2) is 6.90. The minimum atomic E-state index is 0.0578. The lowest BCUT2D eigenvalue weighted by molar-refractivity contribution is -0.673. The summed E-state index contributed by atoms with van der Waals surface area (Å²) in [7, 11) is 4.01. The molecule has 0 atom stereocenters. The minimum Gasteiger partial charge on any atom is -0.399 e. The van der Waals surface area contributed by atoms with Crippen LogP contribution in [0.5, 0.6) is 0 Å². The predicted molar refractivity (Wildman–Crippen MR) is 113 cm³/mol. The molecular formula is C20H21N4OS2+. The first kappa shape index (κ1) is 17.9. The molecule has 0 radical (unpaired) electrons. The molecular weight excluding hydrogens is 376 g/mol. The van der Waals surface area contributed by atoms with Crippen LogP contribution < -0.4 is 30.0 Å². The van der Waals surface area contributed by atoms with Crippen molar-refractivity contribution in [2.45, 2.75) is 18.4 Å². The zero-order valence-electron chi connectivity index (χ0n) is 15.5. The van der Waals surface area contributed by atoms with Crippen molar-refractivity contribution in [1.82, 2.24) is 4.57 Å². The Morgan fingerprint density at radius 1 is 1.26 bits per heavy atom. The third-order valence-electron chi connectivity index (χ3n) is 4.65. The molecule has 0 spiro atoms. The fourth-order valence-corrected chi connectivity index (χ4v) is 5.66. The van der Waals surface area contributed by atoms with E-state index >= 15 is 0 Å². The zero-order chi connectivity index (χ0) is 19.1. The number of hydrogen-bond donors (Lipinski definition) is 1. The summed E-state index contributed by atoms with van der Waals surface area (Å²) in [5.74, 6) is 0. The number of thioether (sulfide) groups is 1. The number of aromatic nitrogens is 2. The average molecular weight is 398 g/mol. The quantitative estimate of drug-likeness (QED) is 0.526. The van der Waals surface area contributed by atoms with Gasteiger partial charge in [-0.15, -0.1) is 11.3 Å². The summed E-state index contributed by atoms with van der Waals surface area (Å²) in [5, 5.41) is 0.963. The molecule has 2 N–H and O–H groups in total. The van der Waals surface area contributed by atoms with Gasteiger partial charge in [0.25, 0.3) is 5.56 Å². The van der Waals surface area contributed by atoms with Gasteiger partial charge in [-0.1, -0.05) is 11.8 Å². The maximum Gasteiger partial charge on any atom is 0.271 e. The van der Waals surface area contributed by atoms with Gasteiger partial charge in [-0.05, 0) is 31.2 Å². The van der Waals surface area contributed by atoms with Gasteiger partial charge in [0.05, 0.1) is 5.69 Å². The number of rotatable bonds is 2. The molecule has 4 rings (SSSR count). The molecule has 0 saturated heterocycles. The van der Waals surface area contributed by atoms with Crippen LogP contribution in [-0.2, 0) is 13.6 Å². The van der Waals surface area contributed by atoms with Gasteiger partial charge in [0.15, 0.2) is 6.20 Å². The van der Waals surface area contributed by atoms with E-state index in [-0.39, 0.29) is 5.56 Å². The molecule has 2 aromatic heterocycles.